The van der Waals surface area contributed by atoms with Gasteiger partial charge < -0.3 is 14.4 Å². The van der Waals surface area contributed by atoms with Crippen molar-refractivity contribution >= 4 is 17.5 Å². The zero-order chi connectivity index (χ0) is 16.0. The number of amides is 1. The molecule has 0 saturated carbocycles. The van der Waals surface area contributed by atoms with Crippen LogP contribution < -0.4 is 0 Å². The van der Waals surface area contributed by atoms with Crippen LogP contribution in [0.5, 0.6) is 0 Å². The van der Waals surface area contributed by atoms with Crippen molar-refractivity contribution in [1.82, 2.24) is 4.90 Å². The van der Waals surface area contributed by atoms with Gasteiger partial charge in [-0.25, -0.2) is 0 Å². The van der Waals surface area contributed by atoms with Gasteiger partial charge in [0.25, 0.3) is 5.91 Å². The molecule has 1 aromatic rings. The van der Waals surface area contributed by atoms with E-state index in [0.29, 0.717) is 30.3 Å². The summed E-state index contributed by atoms with van der Waals surface area (Å²) in [7, 11) is 1.65. The van der Waals surface area contributed by atoms with Gasteiger partial charge in [0, 0.05) is 33.4 Å². The number of carbonyl (C=O) groups is 1. The molecule has 22 heavy (non-hydrogen) atoms. The van der Waals surface area contributed by atoms with E-state index in [1.54, 1.807) is 19.2 Å². The predicted octanol–water partition coefficient (Wildman–Crippen LogP) is 3.25. The highest BCUT2D eigenvalue weighted by Gasteiger charge is 2.32. The highest BCUT2D eigenvalue weighted by atomic mass is 35.5. The third kappa shape index (κ3) is 4.45. The third-order valence-electron chi connectivity index (χ3n) is 4.23. The first-order valence-corrected chi connectivity index (χ1v) is 8.04. The van der Waals surface area contributed by atoms with E-state index < -0.39 is 0 Å². The van der Waals surface area contributed by atoms with Gasteiger partial charge in [0.05, 0.1) is 17.2 Å². The van der Waals surface area contributed by atoms with Gasteiger partial charge in [0.2, 0.25) is 0 Å². The SMILES string of the molecule is COCCN(CC1(C)CCOCC1)C(=O)c1ccccc1Cl. The zero-order valence-corrected chi connectivity index (χ0v) is 14.1. The Hall–Kier alpha value is -1.10. The summed E-state index contributed by atoms with van der Waals surface area (Å²) in [5.74, 6) is -0.0321. The maximum absolute atomic E-state index is 12.8. The minimum Gasteiger partial charge on any atom is -0.383 e. The van der Waals surface area contributed by atoms with Crippen LogP contribution in [-0.2, 0) is 9.47 Å². The quantitative estimate of drug-likeness (QED) is 0.806. The second kappa shape index (κ2) is 7.95. The molecule has 4 nitrogen and oxygen atoms in total. The van der Waals surface area contributed by atoms with Crippen molar-refractivity contribution in [1.29, 1.82) is 0 Å². The van der Waals surface area contributed by atoms with Gasteiger partial charge in [-0.2, -0.15) is 0 Å². The second-order valence-corrected chi connectivity index (χ2v) is 6.53. The van der Waals surface area contributed by atoms with Crippen LogP contribution >= 0.6 is 11.6 Å². The fourth-order valence-corrected chi connectivity index (χ4v) is 2.96. The van der Waals surface area contributed by atoms with Crippen LogP contribution in [0.15, 0.2) is 24.3 Å². The van der Waals surface area contributed by atoms with Crippen molar-refractivity contribution in [3.63, 3.8) is 0 Å². The molecule has 1 aliphatic rings. The van der Waals surface area contributed by atoms with E-state index in [1.165, 1.54) is 0 Å². The number of methoxy groups -OCH3 is 1. The zero-order valence-electron chi connectivity index (χ0n) is 13.3. The molecule has 0 atom stereocenters. The molecule has 1 aliphatic heterocycles. The van der Waals surface area contributed by atoms with Gasteiger partial charge in [-0.1, -0.05) is 30.7 Å². The Morgan fingerprint density at radius 3 is 2.68 bits per heavy atom. The normalized spacial score (nSPS) is 17.2. The highest BCUT2D eigenvalue weighted by molar-refractivity contribution is 6.33. The minimum atomic E-state index is -0.0321. The lowest BCUT2D eigenvalue weighted by atomic mass is 9.82. The van der Waals surface area contributed by atoms with E-state index in [1.807, 2.05) is 17.0 Å². The number of carbonyl (C=O) groups excluding carboxylic acids is 1. The Labute approximate surface area is 137 Å². The lowest BCUT2D eigenvalue weighted by Crippen LogP contribution is -2.44. The molecular weight excluding hydrogens is 302 g/mol. The molecular formula is C17H24ClNO3. The van der Waals surface area contributed by atoms with Gasteiger partial charge in [-0.15, -0.1) is 0 Å². The Morgan fingerprint density at radius 2 is 2.05 bits per heavy atom. The second-order valence-electron chi connectivity index (χ2n) is 6.12. The van der Waals surface area contributed by atoms with Crippen LogP contribution in [0.2, 0.25) is 5.02 Å². The van der Waals surface area contributed by atoms with Gasteiger partial charge >= 0.3 is 0 Å². The molecule has 1 saturated heterocycles. The predicted molar refractivity (Wildman–Crippen MR) is 87.4 cm³/mol. The largest absolute Gasteiger partial charge is 0.383 e. The first kappa shape index (κ1) is 17.3. The van der Waals surface area contributed by atoms with E-state index in [0.717, 1.165) is 26.1 Å². The molecule has 1 aromatic carbocycles. The Kier molecular flexibility index (Phi) is 6.24. The smallest absolute Gasteiger partial charge is 0.255 e. The summed E-state index contributed by atoms with van der Waals surface area (Å²) in [4.78, 5) is 14.7. The standard InChI is InChI=1S/C17H24ClNO3/c1-17(7-10-22-11-8-17)13-19(9-12-21-2)16(20)14-5-3-4-6-15(14)18/h3-6H,7-13H2,1-2H3. The Balaban J connectivity index is 2.14. The fourth-order valence-electron chi connectivity index (χ4n) is 2.74. The maximum Gasteiger partial charge on any atom is 0.255 e. The van der Waals surface area contributed by atoms with E-state index in [-0.39, 0.29) is 11.3 Å². The Morgan fingerprint density at radius 1 is 1.36 bits per heavy atom. The molecule has 1 heterocycles. The summed E-state index contributed by atoms with van der Waals surface area (Å²) in [5.41, 5.74) is 0.638. The molecule has 1 amide bonds. The summed E-state index contributed by atoms with van der Waals surface area (Å²) >= 11 is 6.18. The molecule has 5 heteroatoms. The summed E-state index contributed by atoms with van der Waals surface area (Å²) in [6, 6.07) is 7.19. The minimum absolute atomic E-state index is 0.0321. The molecule has 2 rings (SSSR count). The molecule has 122 valence electrons. The number of ether oxygens (including phenoxy) is 2. The van der Waals surface area contributed by atoms with Crippen LogP contribution in [0, 0.1) is 5.41 Å². The number of rotatable bonds is 6. The highest BCUT2D eigenvalue weighted by Crippen LogP contribution is 2.31. The van der Waals surface area contributed by atoms with Crippen molar-refractivity contribution in [3.05, 3.63) is 34.9 Å². The van der Waals surface area contributed by atoms with E-state index in [4.69, 9.17) is 21.1 Å². The molecule has 0 N–H and O–H groups in total. The van der Waals surface area contributed by atoms with Crippen LogP contribution in [0.4, 0.5) is 0 Å². The summed E-state index contributed by atoms with van der Waals surface area (Å²) in [6.45, 7) is 5.52. The number of benzene rings is 1. The first-order chi connectivity index (χ1) is 10.6. The average Bonchev–Trinajstić information content (AvgIpc) is 2.52. The van der Waals surface area contributed by atoms with E-state index in [2.05, 4.69) is 6.92 Å². The maximum atomic E-state index is 12.8. The van der Waals surface area contributed by atoms with Crippen molar-refractivity contribution in [2.45, 2.75) is 19.8 Å². The summed E-state index contributed by atoms with van der Waals surface area (Å²) < 4.78 is 10.6. The van der Waals surface area contributed by atoms with Crippen LogP contribution in [0.25, 0.3) is 0 Å². The monoisotopic (exact) mass is 325 g/mol. The van der Waals surface area contributed by atoms with Crippen molar-refractivity contribution in [2.24, 2.45) is 5.41 Å². The van der Waals surface area contributed by atoms with Crippen molar-refractivity contribution in [2.75, 3.05) is 40.0 Å². The first-order valence-electron chi connectivity index (χ1n) is 7.66. The Bertz CT molecular complexity index is 500. The van der Waals surface area contributed by atoms with Crippen LogP contribution in [0.1, 0.15) is 30.1 Å². The fraction of sp³-hybridized carbons (Fsp3) is 0.588. The topological polar surface area (TPSA) is 38.8 Å². The summed E-state index contributed by atoms with van der Waals surface area (Å²) in [5, 5.41) is 0.493. The molecule has 0 aliphatic carbocycles. The number of hydrogen-bond acceptors (Lipinski definition) is 3. The van der Waals surface area contributed by atoms with Crippen molar-refractivity contribution < 1.29 is 14.3 Å². The van der Waals surface area contributed by atoms with E-state index in [9.17, 15) is 4.79 Å². The molecule has 0 spiro atoms. The number of halogens is 1. The van der Waals surface area contributed by atoms with E-state index >= 15 is 0 Å². The van der Waals surface area contributed by atoms with Crippen molar-refractivity contribution in [3.8, 4) is 0 Å². The molecule has 1 fully saturated rings. The third-order valence-corrected chi connectivity index (χ3v) is 4.56. The summed E-state index contributed by atoms with van der Waals surface area (Å²) in [6.07, 6.45) is 1.93. The van der Waals surface area contributed by atoms with Gasteiger partial charge in [-0.05, 0) is 30.4 Å². The molecule has 0 aromatic heterocycles. The average molecular weight is 326 g/mol. The molecule has 0 unspecified atom stereocenters. The molecule has 0 radical (unpaired) electrons. The lowest BCUT2D eigenvalue weighted by molar-refractivity contribution is 0.00274. The number of nitrogens with zero attached hydrogens (tertiary/aromatic N) is 1. The lowest BCUT2D eigenvalue weighted by Gasteiger charge is -2.38. The number of hydrogen-bond donors (Lipinski definition) is 0. The van der Waals surface area contributed by atoms with Gasteiger partial charge in [0.1, 0.15) is 0 Å². The van der Waals surface area contributed by atoms with Crippen LogP contribution in [0.3, 0.4) is 0 Å². The molecule has 0 bridgehead atoms. The van der Waals surface area contributed by atoms with Crippen LogP contribution in [-0.4, -0.2) is 50.8 Å². The van der Waals surface area contributed by atoms with Gasteiger partial charge in [-0.3, -0.25) is 4.79 Å². The van der Waals surface area contributed by atoms with Gasteiger partial charge in [0.15, 0.2) is 0 Å².